The maximum Gasteiger partial charge on any atom is 0.251 e. The topological polar surface area (TPSA) is 133 Å². The van der Waals surface area contributed by atoms with Crippen LogP contribution < -0.4 is 20.7 Å². The van der Waals surface area contributed by atoms with E-state index in [9.17, 15) is 19.4 Å². The fourth-order valence-electron chi connectivity index (χ4n) is 5.71. The molecule has 1 saturated carbocycles. The zero-order chi connectivity index (χ0) is 33.3. The highest BCUT2D eigenvalue weighted by atomic mass is 19.1. The number of nitrogen functional groups attached to an aromatic ring is 1. The average Bonchev–Trinajstić information content (AvgIpc) is 3.81. The molecular formula is C36H37F2N5O4. The summed E-state index contributed by atoms with van der Waals surface area (Å²) in [6, 6.07) is 17.6. The number of nitrogens with one attached hydrogen (secondary N) is 1. The van der Waals surface area contributed by atoms with Gasteiger partial charge in [-0.1, -0.05) is 30.3 Å². The van der Waals surface area contributed by atoms with Crippen LogP contribution in [0.1, 0.15) is 52.0 Å². The molecule has 47 heavy (non-hydrogen) atoms. The van der Waals surface area contributed by atoms with Crippen LogP contribution in [-0.2, 0) is 5.60 Å². The third-order valence-corrected chi connectivity index (χ3v) is 8.67. The number of aliphatic hydroxyl groups excluding tert-OH is 1. The second-order valence-electron chi connectivity index (χ2n) is 12.2. The van der Waals surface area contributed by atoms with Crippen molar-refractivity contribution in [3.05, 3.63) is 106 Å². The molecule has 1 amide bonds. The summed E-state index contributed by atoms with van der Waals surface area (Å²) in [6.45, 7) is 2.09. The van der Waals surface area contributed by atoms with E-state index in [0.717, 1.165) is 18.9 Å². The first-order valence-corrected chi connectivity index (χ1v) is 15.5. The SMILES string of the molecule is COc1cc(C(=O)NC[C@@](O)(c2ccccc2)c2cc(N3CC[C@H](O)C3)cc(-c3cc(C)c(F)cc3F)n2)cc(C=NC2CC2)c1N. The maximum atomic E-state index is 15.2. The van der Waals surface area contributed by atoms with Crippen LogP contribution >= 0.6 is 0 Å². The van der Waals surface area contributed by atoms with Crippen molar-refractivity contribution in [3.8, 4) is 17.0 Å². The van der Waals surface area contributed by atoms with Crippen molar-refractivity contribution in [2.24, 2.45) is 4.99 Å². The van der Waals surface area contributed by atoms with Crippen molar-refractivity contribution in [2.75, 3.05) is 37.4 Å². The quantitative estimate of drug-likeness (QED) is 0.145. The number of rotatable bonds is 10. The number of aliphatic hydroxyl groups is 2. The second kappa shape index (κ2) is 13.1. The molecule has 0 unspecified atom stereocenters. The number of amides is 1. The van der Waals surface area contributed by atoms with Gasteiger partial charge in [-0.15, -0.1) is 0 Å². The van der Waals surface area contributed by atoms with Gasteiger partial charge in [0.1, 0.15) is 23.0 Å². The largest absolute Gasteiger partial charge is 0.495 e. The highest BCUT2D eigenvalue weighted by Gasteiger charge is 2.36. The van der Waals surface area contributed by atoms with Gasteiger partial charge < -0.3 is 30.9 Å². The number of nitrogens with two attached hydrogens (primary N) is 1. The molecule has 2 heterocycles. The molecule has 6 rings (SSSR count). The van der Waals surface area contributed by atoms with Crippen molar-refractivity contribution in [1.29, 1.82) is 0 Å². The van der Waals surface area contributed by atoms with E-state index < -0.39 is 29.2 Å². The molecular weight excluding hydrogens is 604 g/mol. The van der Waals surface area contributed by atoms with Gasteiger partial charge in [-0.3, -0.25) is 9.79 Å². The molecule has 2 fully saturated rings. The van der Waals surface area contributed by atoms with E-state index >= 15 is 4.39 Å². The number of hydrogen-bond donors (Lipinski definition) is 4. The number of carbonyl (C=O) groups excluding carboxylic acids is 1. The molecule has 1 saturated heterocycles. The molecule has 2 atom stereocenters. The lowest BCUT2D eigenvalue weighted by Gasteiger charge is -2.31. The maximum absolute atomic E-state index is 15.2. The second-order valence-corrected chi connectivity index (χ2v) is 12.2. The van der Waals surface area contributed by atoms with Crippen LogP contribution in [-0.4, -0.2) is 66.2 Å². The molecule has 0 radical (unpaired) electrons. The molecule has 4 aromatic rings. The molecule has 1 aliphatic heterocycles. The molecule has 0 bridgehead atoms. The van der Waals surface area contributed by atoms with Gasteiger partial charge in [0.05, 0.1) is 42.9 Å². The first-order chi connectivity index (χ1) is 22.5. The molecule has 11 heteroatoms. The van der Waals surface area contributed by atoms with Crippen LogP contribution in [0.5, 0.6) is 5.75 Å². The summed E-state index contributed by atoms with van der Waals surface area (Å²) < 4.78 is 34.9. The van der Waals surface area contributed by atoms with Gasteiger partial charge in [-0.05, 0) is 67.6 Å². The molecule has 3 aromatic carbocycles. The van der Waals surface area contributed by atoms with E-state index in [0.29, 0.717) is 47.8 Å². The summed E-state index contributed by atoms with van der Waals surface area (Å²) in [5, 5.41) is 25.6. The molecule has 1 aromatic heterocycles. The predicted octanol–water partition coefficient (Wildman–Crippen LogP) is 4.74. The number of benzene rings is 3. The molecule has 2 aliphatic rings. The highest BCUT2D eigenvalue weighted by molar-refractivity contribution is 5.99. The van der Waals surface area contributed by atoms with Crippen LogP contribution in [0.4, 0.5) is 20.2 Å². The lowest BCUT2D eigenvalue weighted by molar-refractivity contribution is 0.0667. The number of aromatic nitrogens is 1. The average molecular weight is 642 g/mol. The minimum Gasteiger partial charge on any atom is -0.495 e. The zero-order valence-electron chi connectivity index (χ0n) is 26.2. The van der Waals surface area contributed by atoms with E-state index in [1.807, 2.05) is 4.90 Å². The van der Waals surface area contributed by atoms with Crippen molar-refractivity contribution < 1.29 is 28.5 Å². The Bertz CT molecular complexity index is 1830. The van der Waals surface area contributed by atoms with Crippen molar-refractivity contribution in [2.45, 2.75) is 43.9 Å². The summed E-state index contributed by atoms with van der Waals surface area (Å²) in [5.41, 5.74) is 7.14. The van der Waals surface area contributed by atoms with E-state index in [2.05, 4.69) is 10.3 Å². The van der Waals surface area contributed by atoms with Crippen molar-refractivity contribution >= 4 is 23.5 Å². The number of pyridine rings is 1. The van der Waals surface area contributed by atoms with Crippen molar-refractivity contribution in [3.63, 3.8) is 0 Å². The molecule has 5 N–H and O–H groups in total. The Labute approximate surface area is 271 Å². The van der Waals surface area contributed by atoms with Crippen LogP contribution in [0.2, 0.25) is 0 Å². The standard InChI is InChI=1S/C36H37F2N5O4/c1-21-12-28(30(38)17-29(21)37)31-15-26(43-11-10-27(44)19-43)16-33(42-31)36(46,24-6-4-3-5-7-24)20-41-35(45)22-13-23(18-40-25-8-9-25)34(39)32(14-22)47-2/h3-7,12-18,25,27,44,46H,8-11,19-20,39H2,1-2H3,(H,41,45)/t27-,36+/m0/s1. The number of halogens is 2. The van der Waals surface area contributed by atoms with E-state index in [1.165, 1.54) is 26.2 Å². The van der Waals surface area contributed by atoms with Gasteiger partial charge in [-0.25, -0.2) is 13.8 Å². The predicted molar refractivity (Wildman–Crippen MR) is 177 cm³/mol. The fourth-order valence-corrected chi connectivity index (χ4v) is 5.71. The summed E-state index contributed by atoms with van der Waals surface area (Å²) in [5.74, 6) is -1.68. The number of nitrogens with zero attached hydrogens (tertiary/aromatic N) is 3. The smallest absolute Gasteiger partial charge is 0.251 e. The van der Waals surface area contributed by atoms with Gasteiger partial charge in [-0.2, -0.15) is 0 Å². The fraction of sp³-hybridized carbons (Fsp3) is 0.306. The van der Waals surface area contributed by atoms with Crippen LogP contribution in [0.15, 0.2) is 71.7 Å². The minimum atomic E-state index is -1.89. The Morgan fingerprint density at radius 1 is 1.13 bits per heavy atom. The van der Waals surface area contributed by atoms with Gasteiger partial charge >= 0.3 is 0 Å². The Morgan fingerprint density at radius 3 is 2.57 bits per heavy atom. The number of β-amino-alcohol motifs (C(OH)–C–C–N with tert-alkyl or cyclic N) is 1. The number of methoxy groups -OCH3 is 1. The number of anilines is 2. The van der Waals surface area contributed by atoms with E-state index in [-0.39, 0.29) is 40.7 Å². The van der Waals surface area contributed by atoms with Gasteiger partial charge in [0, 0.05) is 47.7 Å². The Morgan fingerprint density at radius 2 is 1.89 bits per heavy atom. The number of hydrogen-bond acceptors (Lipinski definition) is 8. The van der Waals surface area contributed by atoms with Gasteiger partial charge in [0.15, 0.2) is 0 Å². The summed E-state index contributed by atoms with van der Waals surface area (Å²) >= 11 is 0. The number of aliphatic imine (C=N–C) groups is 1. The normalized spacial score (nSPS) is 17.6. The van der Waals surface area contributed by atoms with Crippen LogP contribution in [0, 0.1) is 18.6 Å². The highest BCUT2D eigenvalue weighted by Crippen LogP contribution is 2.36. The Balaban J connectivity index is 1.41. The summed E-state index contributed by atoms with van der Waals surface area (Å²) in [6.07, 6.45) is 3.65. The zero-order valence-corrected chi connectivity index (χ0v) is 26.2. The third kappa shape index (κ3) is 6.81. The van der Waals surface area contributed by atoms with Gasteiger partial charge in [0.25, 0.3) is 5.91 Å². The van der Waals surface area contributed by atoms with Gasteiger partial charge in [0.2, 0.25) is 0 Å². The number of aryl methyl sites for hydroxylation is 1. The minimum absolute atomic E-state index is 0.0561. The molecule has 1 aliphatic carbocycles. The molecule has 244 valence electrons. The third-order valence-electron chi connectivity index (χ3n) is 8.67. The lowest BCUT2D eigenvalue weighted by Crippen LogP contribution is -2.42. The monoisotopic (exact) mass is 641 g/mol. The first kappa shape index (κ1) is 32.1. The summed E-state index contributed by atoms with van der Waals surface area (Å²) in [7, 11) is 1.46. The van der Waals surface area contributed by atoms with Crippen molar-refractivity contribution in [1.82, 2.24) is 10.3 Å². The number of carbonyl (C=O) groups is 1. The molecule has 9 nitrogen and oxygen atoms in total. The Kier molecular flexibility index (Phi) is 8.94. The van der Waals surface area contributed by atoms with Crippen LogP contribution in [0.25, 0.3) is 11.3 Å². The Hall–Kier alpha value is -4.87. The lowest BCUT2D eigenvalue weighted by atomic mass is 9.88. The molecule has 0 spiro atoms. The first-order valence-electron chi connectivity index (χ1n) is 15.5. The van der Waals surface area contributed by atoms with E-state index in [1.54, 1.807) is 54.7 Å². The van der Waals surface area contributed by atoms with Crippen LogP contribution in [0.3, 0.4) is 0 Å². The number of ether oxygens (including phenoxy) is 1. The van der Waals surface area contributed by atoms with E-state index in [4.69, 9.17) is 15.5 Å². The summed E-state index contributed by atoms with van der Waals surface area (Å²) in [4.78, 5) is 24.8.